The molecular formula is C16H16N4OS. The maximum Gasteiger partial charge on any atom is 0.271 e. The molecule has 1 aromatic carbocycles. The minimum absolute atomic E-state index is 0.238. The molecule has 0 aliphatic carbocycles. The van der Waals surface area contributed by atoms with Crippen LogP contribution in [0.2, 0.25) is 0 Å². The molecule has 0 aliphatic rings. The summed E-state index contributed by atoms with van der Waals surface area (Å²) < 4.78 is 2.12. The van der Waals surface area contributed by atoms with Crippen LogP contribution < -0.4 is 5.43 Å². The summed E-state index contributed by atoms with van der Waals surface area (Å²) in [4.78, 5) is 17.6. The van der Waals surface area contributed by atoms with Crippen molar-refractivity contribution in [2.45, 2.75) is 20.4 Å². The van der Waals surface area contributed by atoms with Crippen molar-refractivity contribution in [2.24, 2.45) is 5.10 Å². The molecule has 112 valence electrons. The molecule has 0 aliphatic heterocycles. The van der Waals surface area contributed by atoms with E-state index in [0.717, 1.165) is 28.3 Å². The largest absolute Gasteiger partial charge is 0.329 e. The first-order valence-electron chi connectivity index (χ1n) is 7.03. The van der Waals surface area contributed by atoms with Gasteiger partial charge in [0, 0.05) is 17.0 Å². The number of aromatic nitrogens is 2. The van der Waals surface area contributed by atoms with Crippen molar-refractivity contribution >= 4 is 34.5 Å². The van der Waals surface area contributed by atoms with Crippen molar-refractivity contribution in [2.75, 3.05) is 0 Å². The van der Waals surface area contributed by atoms with Crippen molar-refractivity contribution in [3.63, 3.8) is 0 Å². The number of aryl methyl sites for hydroxylation is 2. The number of hydrogen-bond donors (Lipinski definition) is 1. The number of hydrazone groups is 1. The smallest absolute Gasteiger partial charge is 0.271 e. The summed E-state index contributed by atoms with van der Waals surface area (Å²) >= 11 is 1.57. The Morgan fingerprint density at radius 3 is 3.05 bits per heavy atom. The third kappa shape index (κ3) is 2.78. The zero-order chi connectivity index (χ0) is 15.5. The summed E-state index contributed by atoms with van der Waals surface area (Å²) in [6, 6.07) is 9.40. The Hall–Kier alpha value is -2.47. The SMILES string of the molecule is CCn1c(C)nc2cc(C(=O)N/N=C/c3cccs3)ccc21. The highest BCUT2D eigenvalue weighted by Crippen LogP contribution is 2.17. The fourth-order valence-corrected chi connectivity index (χ4v) is 2.96. The van der Waals surface area contributed by atoms with Gasteiger partial charge >= 0.3 is 0 Å². The molecule has 0 saturated heterocycles. The van der Waals surface area contributed by atoms with Crippen LogP contribution in [0.1, 0.15) is 28.0 Å². The number of amides is 1. The molecule has 6 heteroatoms. The Morgan fingerprint density at radius 2 is 2.32 bits per heavy atom. The van der Waals surface area contributed by atoms with Gasteiger partial charge in [0.1, 0.15) is 5.82 Å². The van der Waals surface area contributed by atoms with Crippen molar-refractivity contribution in [3.8, 4) is 0 Å². The van der Waals surface area contributed by atoms with Gasteiger partial charge in [-0.05, 0) is 43.5 Å². The van der Waals surface area contributed by atoms with Gasteiger partial charge in [-0.1, -0.05) is 6.07 Å². The summed E-state index contributed by atoms with van der Waals surface area (Å²) in [5.41, 5.74) is 4.96. The Balaban J connectivity index is 1.79. The van der Waals surface area contributed by atoms with Gasteiger partial charge in [-0.15, -0.1) is 11.3 Å². The van der Waals surface area contributed by atoms with E-state index in [0.29, 0.717) is 5.56 Å². The lowest BCUT2D eigenvalue weighted by molar-refractivity contribution is 0.0955. The van der Waals surface area contributed by atoms with Gasteiger partial charge in [-0.2, -0.15) is 5.10 Å². The fourth-order valence-electron chi connectivity index (χ4n) is 2.37. The first-order valence-corrected chi connectivity index (χ1v) is 7.91. The molecule has 0 saturated carbocycles. The number of thiophene rings is 1. The minimum atomic E-state index is -0.238. The zero-order valence-electron chi connectivity index (χ0n) is 12.4. The molecule has 1 amide bonds. The number of rotatable bonds is 4. The van der Waals surface area contributed by atoms with E-state index in [4.69, 9.17) is 0 Å². The summed E-state index contributed by atoms with van der Waals surface area (Å²) in [5, 5.41) is 5.93. The van der Waals surface area contributed by atoms with E-state index in [-0.39, 0.29) is 5.91 Å². The van der Waals surface area contributed by atoms with Crippen LogP contribution in [0, 0.1) is 6.92 Å². The molecule has 2 aromatic heterocycles. The topological polar surface area (TPSA) is 59.3 Å². The van der Waals surface area contributed by atoms with Crippen LogP contribution in [0.3, 0.4) is 0 Å². The number of benzene rings is 1. The summed E-state index contributed by atoms with van der Waals surface area (Å²) in [5.74, 6) is 0.712. The number of carbonyl (C=O) groups excluding carboxylic acids is 1. The molecule has 2 heterocycles. The molecule has 0 radical (unpaired) electrons. The second-order valence-electron chi connectivity index (χ2n) is 4.82. The highest BCUT2D eigenvalue weighted by atomic mass is 32.1. The number of nitrogens with zero attached hydrogens (tertiary/aromatic N) is 3. The van der Waals surface area contributed by atoms with Crippen molar-refractivity contribution in [1.82, 2.24) is 15.0 Å². The van der Waals surface area contributed by atoms with Crippen LogP contribution >= 0.6 is 11.3 Å². The minimum Gasteiger partial charge on any atom is -0.329 e. The molecule has 0 bridgehead atoms. The Morgan fingerprint density at radius 1 is 1.45 bits per heavy atom. The van der Waals surface area contributed by atoms with Gasteiger partial charge in [-0.25, -0.2) is 10.4 Å². The number of fused-ring (bicyclic) bond motifs is 1. The molecule has 0 spiro atoms. The van der Waals surface area contributed by atoms with E-state index in [1.54, 1.807) is 29.7 Å². The predicted molar refractivity (Wildman–Crippen MR) is 89.5 cm³/mol. The van der Waals surface area contributed by atoms with Crippen LogP contribution in [0.5, 0.6) is 0 Å². The van der Waals surface area contributed by atoms with Gasteiger partial charge in [0.2, 0.25) is 0 Å². The molecule has 0 atom stereocenters. The van der Waals surface area contributed by atoms with Crippen LogP contribution in [0.25, 0.3) is 11.0 Å². The average Bonchev–Trinajstić information content (AvgIpc) is 3.12. The number of carbonyl (C=O) groups is 1. The number of imidazole rings is 1. The second kappa shape index (κ2) is 6.11. The lowest BCUT2D eigenvalue weighted by Gasteiger charge is -2.02. The first-order chi connectivity index (χ1) is 10.7. The van der Waals surface area contributed by atoms with Crippen LogP contribution in [-0.2, 0) is 6.54 Å². The van der Waals surface area contributed by atoms with E-state index < -0.39 is 0 Å². The summed E-state index contributed by atoms with van der Waals surface area (Å²) in [6.45, 7) is 4.90. The second-order valence-corrected chi connectivity index (χ2v) is 5.80. The zero-order valence-corrected chi connectivity index (χ0v) is 13.2. The Labute approximate surface area is 132 Å². The number of nitrogens with one attached hydrogen (secondary N) is 1. The third-order valence-corrected chi connectivity index (χ3v) is 4.23. The highest BCUT2D eigenvalue weighted by Gasteiger charge is 2.10. The quantitative estimate of drug-likeness (QED) is 0.594. The van der Waals surface area contributed by atoms with Crippen molar-refractivity contribution < 1.29 is 4.79 Å². The molecule has 5 nitrogen and oxygen atoms in total. The molecular weight excluding hydrogens is 296 g/mol. The molecule has 22 heavy (non-hydrogen) atoms. The van der Waals surface area contributed by atoms with E-state index in [2.05, 4.69) is 27.0 Å². The maximum atomic E-state index is 12.1. The molecule has 0 unspecified atom stereocenters. The summed E-state index contributed by atoms with van der Waals surface area (Å²) in [7, 11) is 0. The maximum absolute atomic E-state index is 12.1. The van der Waals surface area contributed by atoms with E-state index in [1.807, 2.05) is 30.5 Å². The average molecular weight is 312 g/mol. The highest BCUT2D eigenvalue weighted by molar-refractivity contribution is 7.11. The Kier molecular flexibility index (Phi) is 4.02. The van der Waals surface area contributed by atoms with Crippen molar-refractivity contribution in [3.05, 3.63) is 52.0 Å². The number of hydrogen-bond acceptors (Lipinski definition) is 4. The monoisotopic (exact) mass is 312 g/mol. The van der Waals surface area contributed by atoms with Gasteiger partial charge in [0.05, 0.1) is 17.2 Å². The van der Waals surface area contributed by atoms with Gasteiger partial charge in [0.15, 0.2) is 0 Å². The summed E-state index contributed by atoms with van der Waals surface area (Å²) in [6.07, 6.45) is 1.64. The normalized spacial score (nSPS) is 11.4. The fraction of sp³-hybridized carbons (Fsp3) is 0.188. The van der Waals surface area contributed by atoms with Crippen LogP contribution in [0.4, 0.5) is 0 Å². The lowest BCUT2D eigenvalue weighted by Crippen LogP contribution is -2.17. The predicted octanol–water partition coefficient (Wildman–Crippen LogP) is 3.19. The molecule has 3 aromatic rings. The van der Waals surface area contributed by atoms with Crippen LogP contribution in [-0.4, -0.2) is 21.7 Å². The Bertz CT molecular complexity index is 833. The van der Waals surface area contributed by atoms with E-state index in [1.165, 1.54) is 0 Å². The van der Waals surface area contributed by atoms with Gasteiger partial charge < -0.3 is 4.57 Å². The van der Waals surface area contributed by atoms with Crippen molar-refractivity contribution in [1.29, 1.82) is 0 Å². The molecule has 1 N–H and O–H groups in total. The van der Waals surface area contributed by atoms with E-state index >= 15 is 0 Å². The van der Waals surface area contributed by atoms with Crippen LogP contribution in [0.15, 0.2) is 40.8 Å². The first kappa shape index (κ1) is 14.5. The van der Waals surface area contributed by atoms with Gasteiger partial charge in [-0.3, -0.25) is 4.79 Å². The molecule has 3 rings (SSSR count). The van der Waals surface area contributed by atoms with E-state index in [9.17, 15) is 4.79 Å². The standard InChI is InChI=1S/C16H16N4OS/c1-3-20-11(2)18-14-9-12(6-7-15(14)20)16(21)19-17-10-13-5-4-8-22-13/h4-10H,3H2,1-2H3,(H,19,21)/b17-10+. The molecule has 0 fully saturated rings. The van der Waals surface area contributed by atoms with Gasteiger partial charge in [0.25, 0.3) is 5.91 Å². The third-order valence-electron chi connectivity index (χ3n) is 3.42. The lowest BCUT2D eigenvalue weighted by atomic mass is 10.2.